The van der Waals surface area contributed by atoms with Gasteiger partial charge in [0, 0.05) is 31.2 Å². The zero-order valence-electron chi connectivity index (χ0n) is 16.8. The van der Waals surface area contributed by atoms with Crippen LogP contribution >= 0.6 is 11.6 Å². The number of imide groups is 1. The first-order chi connectivity index (χ1) is 14.5. The quantitative estimate of drug-likeness (QED) is 0.686. The first-order valence-corrected chi connectivity index (χ1v) is 10.4. The van der Waals surface area contributed by atoms with Gasteiger partial charge in [-0.15, -0.1) is 0 Å². The predicted molar refractivity (Wildman–Crippen MR) is 114 cm³/mol. The van der Waals surface area contributed by atoms with Crippen LogP contribution in [0.3, 0.4) is 0 Å². The van der Waals surface area contributed by atoms with E-state index in [2.05, 4.69) is 11.8 Å². The van der Waals surface area contributed by atoms with Gasteiger partial charge in [0.2, 0.25) is 0 Å². The Bertz CT molecular complexity index is 981. The van der Waals surface area contributed by atoms with Crippen LogP contribution in [0.2, 0.25) is 5.02 Å². The highest BCUT2D eigenvalue weighted by Crippen LogP contribution is 2.33. The third kappa shape index (κ3) is 3.98. The molecule has 0 bridgehead atoms. The normalized spacial score (nSPS) is 18.0. The van der Waals surface area contributed by atoms with Crippen LogP contribution in [0, 0.1) is 5.82 Å². The summed E-state index contributed by atoms with van der Waals surface area (Å²) in [5.74, 6) is -0.994. The molecule has 7 heteroatoms. The zero-order chi connectivity index (χ0) is 21.3. The van der Waals surface area contributed by atoms with Crippen LogP contribution in [-0.2, 0) is 16.1 Å². The average Bonchev–Trinajstić information content (AvgIpc) is 3.00. The lowest BCUT2D eigenvalue weighted by molar-refractivity contribution is -0.138. The molecular weight excluding hydrogens is 405 g/mol. The Morgan fingerprint density at radius 3 is 2.13 bits per heavy atom. The molecule has 0 atom stereocenters. The third-order valence-corrected chi connectivity index (χ3v) is 5.92. The topological polar surface area (TPSA) is 43.9 Å². The van der Waals surface area contributed by atoms with Crippen LogP contribution in [0.25, 0.3) is 5.57 Å². The van der Waals surface area contributed by atoms with Gasteiger partial charge in [0.05, 0.1) is 12.1 Å². The molecule has 5 nitrogen and oxygen atoms in total. The first kappa shape index (κ1) is 20.6. The monoisotopic (exact) mass is 427 g/mol. The molecule has 2 aromatic carbocycles. The molecule has 0 saturated carbocycles. The molecule has 1 fully saturated rings. The largest absolute Gasteiger partial charge is 0.364 e. The summed E-state index contributed by atoms with van der Waals surface area (Å²) in [6, 6.07) is 12.8. The summed E-state index contributed by atoms with van der Waals surface area (Å²) < 4.78 is 13.3. The highest BCUT2D eigenvalue weighted by molar-refractivity contribution is 6.35. The smallest absolute Gasteiger partial charge is 0.278 e. The van der Waals surface area contributed by atoms with Crippen LogP contribution in [0.1, 0.15) is 18.1 Å². The number of nitrogens with zero attached hydrogens (tertiary/aromatic N) is 3. The molecule has 156 valence electrons. The fraction of sp³-hybridized carbons (Fsp3) is 0.304. The minimum absolute atomic E-state index is 0.105. The summed E-state index contributed by atoms with van der Waals surface area (Å²) in [5.41, 5.74) is 2.22. The van der Waals surface area contributed by atoms with Gasteiger partial charge in [0.25, 0.3) is 11.8 Å². The molecule has 0 unspecified atom stereocenters. The van der Waals surface area contributed by atoms with E-state index in [0.717, 1.165) is 19.6 Å². The number of carbonyl (C=O) groups excluding carboxylic acids is 2. The summed E-state index contributed by atoms with van der Waals surface area (Å²) in [5, 5.41) is 0.567. The van der Waals surface area contributed by atoms with E-state index in [1.54, 1.807) is 36.4 Å². The maximum absolute atomic E-state index is 13.4. The number of benzene rings is 2. The van der Waals surface area contributed by atoms with Crippen molar-refractivity contribution in [3.05, 3.63) is 76.2 Å². The van der Waals surface area contributed by atoms with Crippen LogP contribution in [0.15, 0.2) is 54.2 Å². The van der Waals surface area contributed by atoms with Crippen LogP contribution in [-0.4, -0.2) is 59.2 Å². The van der Waals surface area contributed by atoms with Crippen molar-refractivity contribution in [1.82, 2.24) is 14.7 Å². The summed E-state index contributed by atoms with van der Waals surface area (Å²) in [6.07, 6.45) is 0. The zero-order valence-corrected chi connectivity index (χ0v) is 17.5. The Hall–Kier alpha value is -2.70. The fourth-order valence-corrected chi connectivity index (χ4v) is 4.06. The van der Waals surface area contributed by atoms with Crippen molar-refractivity contribution in [2.75, 3.05) is 32.7 Å². The number of likely N-dealkylation sites (N-methyl/N-ethyl adjacent to an activating group) is 1. The van der Waals surface area contributed by atoms with Crippen molar-refractivity contribution in [2.24, 2.45) is 0 Å². The Morgan fingerprint density at radius 1 is 0.900 bits per heavy atom. The van der Waals surface area contributed by atoms with Gasteiger partial charge in [-0.1, -0.05) is 42.8 Å². The van der Waals surface area contributed by atoms with Crippen LogP contribution in [0.4, 0.5) is 4.39 Å². The second-order valence-electron chi connectivity index (χ2n) is 7.47. The molecule has 0 spiro atoms. The number of amides is 2. The number of hydrogen-bond donors (Lipinski definition) is 0. The summed E-state index contributed by atoms with van der Waals surface area (Å²) in [7, 11) is 0. The first-order valence-electron chi connectivity index (χ1n) is 10.1. The third-order valence-electron chi connectivity index (χ3n) is 5.67. The summed E-state index contributed by atoms with van der Waals surface area (Å²) in [4.78, 5) is 32.3. The van der Waals surface area contributed by atoms with Crippen molar-refractivity contribution in [2.45, 2.75) is 13.5 Å². The number of piperazine rings is 1. The fourth-order valence-electron chi connectivity index (χ4n) is 3.94. The van der Waals surface area contributed by atoms with Crippen molar-refractivity contribution in [3.63, 3.8) is 0 Å². The number of rotatable bonds is 5. The maximum Gasteiger partial charge on any atom is 0.278 e. The minimum Gasteiger partial charge on any atom is -0.364 e. The molecule has 2 amide bonds. The molecule has 4 rings (SSSR count). The van der Waals surface area contributed by atoms with E-state index in [9.17, 15) is 14.0 Å². The Kier molecular flexibility index (Phi) is 5.88. The van der Waals surface area contributed by atoms with Crippen molar-refractivity contribution in [1.29, 1.82) is 0 Å². The van der Waals surface area contributed by atoms with E-state index in [1.807, 2.05) is 4.90 Å². The second kappa shape index (κ2) is 8.58. The second-order valence-corrected chi connectivity index (χ2v) is 7.91. The summed E-state index contributed by atoms with van der Waals surface area (Å²) >= 11 is 6.02. The molecule has 2 aliphatic heterocycles. The molecule has 1 saturated heterocycles. The Morgan fingerprint density at radius 2 is 1.53 bits per heavy atom. The lowest BCUT2D eigenvalue weighted by atomic mass is 10.0. The standard InChI is InChI=1S/C23H23ClFN3O2/c1-2-26-11-13-27(14-12-26)21-20(17-5-7-18(24)8-6-17)22(29)28(23(21)30)15-16-3-9-19(25)10-4-16/h3-10H,2,11-15H2,1H3. The van der Waals surface area contributed by atoms with E-state index in [1.165, 1.54) is 17.0 Å². The number of carbonyl (C=O) groups is 2. The Balaban J connectivity index is 1.69. The predicted octanol–water partition coefficient (Wildman–Crippen LogP) is 3.40. The highest BCUT2D eigenvalue weighted by Gasteiger charge is 2.42. The molecule has 2 heterocycles. The molecule has 0 radical (unpaired) electrons. The van der Waals surface area contributed by atoms with Gasteiger partial charge in [0.15, 0.2) is 0 Å². The molecule has 2 aromatic rings. The minimum atomic E-state index is -0.354. The molecule has 0 N–H and O–H groups in total. The van der Waals surface area contributed by atoms with Gasteiger partial charge in [-0.2, -0.15) is 0 Å². The van der Waals surface area contributed by atoms with E-state index < -0.39 is 0 Å². The number of halogens is 2. The van der Waals surface area contributed by atoms with Crippen molar-refractivity contribution >= 4 is 29.0 Å². The molecule has 0 aromatic heterocycles. The van der Waals surface area contributed by atoms with E-state index in [-0.39, 0.29) is 24.2 Å². The molecule has 30 heavy (non-hydrogen) atoms. The van der Waals surface area contributed by atoms with Crippen LogP contribution < -0.4 is 0 Å². The van der Waals surface area contributed by atoms with Gasteiger partial charge in [0.1, 0.15) is 11.5 Å². The molecule has 0 aliphatic carbocycles. The van der Waals surface area contributed by atoms with Crippen molar-refractivity contribution < 1.29 is 14.0 Å². The average molecular weight is 428 g/mol. The lowest BCUT2D eigenvalue weighted by Gasteiger charge is -2.36. The van der Waals surface area contributed by atoms with E-state index in [0.29, 0.717) is 40.5 Å². The van der Waals surface area contributed by atoms with Crippen LogP contribution in [0.5, 0.6) is 0 Å². The van der Waals surface area contributed by atoms with Gasteiger partial charge in [-0.25, -0.2) is 4.39 Å². The van der Waals surface area contributed by atoms with Gasteiger partial charge >= 0.3 is 0 Å². The van der Waals surface area contributed by atoms with E-state index in [4.69, 9.17) is 11.6 Å². The lowest BCUT2D eigenvalue weighted by Crippen LogP contribution is -2.47. The van der Waals surface area contributed by atoms with Gasteiger partial charge in [-0.3, -0.25) is 14.5 Å². The molecule has 2 aliphatic rings. The highest BCUT2D eigenvalue weighted by atomic mass is 35.5. The Labute approximate surface area is 180 Å². The maximum atomic E-state index is 13.4. The van der Waals surface area contributed by atoms with Crippen molar-refractivity contribution in [3.8, 4) is 0 Å². The number of hydrogen-bond acceptors (Lipinski definition) is 4. The van der Waals surface area contributed by atoms with Gasteiger partial charge in [-0.05, 0) is 41.9 Å². The SMILES string of the molecule is CCN1CCN(C2=C(c3ccc(Cl)cc3)C(=O)N(Cc3ccc(F)cc3)C2=O)CC1. The van der Waals surface area contributed by atoms with Gasteiger partial charge < -0.3 is 9.80 Å². The summed E-state index contributed by atoms with van der Waals surface area (Å²) in [6.45, 7) is 6.23. The van der Waals surface area contributed by atoms with E-state index >= 15 is 0 Å². The molecular formula is C23H23ClFN3O2.